The zero-order valence-electron chi connectivity index (χ0n) is 17.8. The van der Waals surface area contributed by atoms with Crippen molar-refractivity contribution in [2.75, 3.05) is 0 Å². The predicted octanol–water partition coefficient (Wildman–Crippen LogP) is 1.66. The van der Waals surface area contributed by atoms with E-state index >= 15 is 0 Å². The lowest BCUT2D eigenvalue weighted by atomic mass is 9.92. The summed E-state index contributed by atoms with van der Waals surface area (Å²) < 4.78 is 35.4. The van der Waals surface area contributed by atoms with E-state index in [2.05, 4.69) is 5.32 Å². The van der Waals surface area contributed by atoms with Crippen LogP contribution in [0, 0.1) is 0 Å². The van der Waals surface area contributed by atoms with Gasteiger partial charge in [-0.2, -0.15) is 0 Å². The molecule has 3 aliphatic heterocycles. The highest BCUT2D eigenvalue weighted by atomic mass is 16.9. The molecule has 0 bridgehead atoms. The third kappa shape index (κ3) is 4.60. The number of fused-ring (bicyclic) bond motifs is 3. The Balaban J connectivity index is 1.84. The summed E-state index contributed by atoms with van der Waals surface area (Å²) in [6.07, 6.45) is -4.53. The van der Waals surface area contributed by atoms with Crippen molar-refractivity contribution in [2.24, 2.45) is 0 Å². The van der Waals surface area contributed by atoms with Crippen molar-refractivity contribution < 1.29 is 38.3 Å². The second-order valence-electron chi connectivity index (χ2n) is 9.55. The van der Waals surface area contributed by atoms with Gasteiger partial charge in [0.25, 0.3) is 0 Å². The molecule has 0 aromatic carbocycles. The Labute approximate surface area is 165 Å². The quantitative estimate of drug-likeness (QED) is 0.733. The van der Waals surface area contributed by atoms with Gasteiger partial charge in [-0.3, -0.25) is 0 Å². The van der Waals surface area contributed by atoms with E-state index in [-0.39, 0.29) is 0 Å². The van der Waals surface area contributed by atoms with Crippen LogP contribution in [-0.2, 0) is 28.4 Å². The summed E-state index contributed by atoms with van der Waals surface area (Å²) in [5.41, 5.74) is -0.671. The topological polar surface area (TPSA) is 105 Å². The predicted molar refractivity (Wildman–Crippen MR) is 97.4 cm³/mol. The van der Waals surface area contributed by atoms with E-state index in [0.29, 0.717) is 0 Å². The summed E-state index contributed by atoms with van der Waals surface area (Å²) in [4.78, 5) is 12.3. The first-order valence-corrected chi connectivity index (χ1v) is 9.72. The molecular weight excluding hydrogens is 370 g/mol. The number of carbonyl (C=O) groups is 1. The number of hydrogen-bond acceptors (Lipinski definition) is 8. The molecule has 0 aromatic rings. The van der Waals surface area contributed by atoms with Crippen molar-refractivity contribution >= 4 is 6.09 Å². The molecule has 3 saturated heterocycles. The van der Waals surface area contributed by atoms with E-state index in [1.807, 2.05) is 0 Å². The van der Waals surface area contributed by atoms with Crippen LogP contribution in [0.25, 0.3) is 0 Å². The molecule has 0 radical (unpaired) electrons. The second kappa shape index (κ2) is 7.07. The number of hydrogen-bond donors (Lipinski definition) is 2. The molecule has 0 unspecified atom stereocenters. The van der Waals surface area contributed by atoms with E-state index in [0.717, 1.165) is 0 Å². The van der Waals surface area contributed by atoms with Gasteiger partial charge in [0.1, 0.15) is 30.0 Å². The van der Waals surface area contributed by atoms with Crippen molar-refractivity contribution in [3.8, 4) is 0 Å². The summed E-state index contributed by atoms with van der Waals surface area (Å²) in [6.45, 7) is 14.1. The first-order valence-electron chi connectivity index (χ1n) is 9.72. The van der Waals surface area contributed by atoms with Gasteiger partial charge in [-0.15, -0.1) is 0 Å². The molecule has 162 valence electrons. The third-order valence-electron chi connectivity index (χ3n) is 4.75. The van der Waals surface area contributed by atoms with Gasteiger partial charge in [0, 0.05) is 0 Å². The largest absolute Gasteiger partial charge is 0.444 e. The number of aliphatic hydroxyl groups is 1. The van der Waals surface area contributed by atoms with Gasteiger partial charge < -0.3 is 38.8 Å². The lowest BCUT2D eigenvalue weighted by Gasteiger charge is -2.41. The minimum absolute atomic E-state index is 0.470. The van der Waals surface area contributed by atoms with Gasteiger partial charge >= 0.3 is 6.09 Å². The van der Waals surface area contributed by atoms with Gasteiger partial charge in [0.15, 0.2) is 17.9 Å². The van der Waals surface area contributed by atoms with Crippen LogP contribution < -0.4 is 5.32 Å². The maximum Gasteiger partial charge on any atom is 0.408 e. The Kier molecular flexibility index (Phi) is 5.49. The summed E-state index contributed by atoms with van der Waals surface area (Å²) in [6, 6.07) is -0.798. The van der Waals surface area contributed by atoms with Gasteiger partial charge in [-0.05, 0) is 55.4 Å². The minimum Gasteiger partial charge on any atom is -0.444 e. The number of aliphatic hydroxyl groups excluding tert-OH is 1. The lowest BCUT2D eigenvalue weighted by Crippen LogP contribution is -2.64. The Morgan fingerprint density at radius 2 is 1.54 bits per heavy atom. The highest BCUT2D eigenvalue weighted by Gasteiger charge is 2.62. The lowest BCUT2D eigenvalue weighted by molar-refractivity contribution is -0.243. The molecule has 9 nitrogen and oxygen atoms in total. The minimum atomic E-state index is -0.933. The maximum absolute atomic E-state index is 12.3. The maximum atomic E-state index is 12.3. The fourth-order valence-electron chi connectivity index (χ4n) is 3.85. The van der Waals surface area contributed by atoms with E-state index in [9.17, 15) is 9.90 Å². The van der Waals surface area contributed by atoms with E-state index in [1.54, 1.807) is 55.4 Å². The molecule has 0 aromatic heterocycles. The van der Waals surface area contributed by atoms with Crippen LogP contribution >= 0.6 is 0 Å². The number of alkyl carbamates (subject to hydrolysis) is 1. The van der Waals surface area contributed by atoms with Gasteiger partial charge in [-0.25, -0.2) is 4.79 Å². The average molecular weight is 403 g/mol. The molecule has 28 heavy (non-hydrogen) atoms. The molecule has 3 aliphatic rings. The molecule has 3 fully saturated rings. The Hall–Kier alpha value is -0.970. The normalized spacial score (nSPS) is 38.2. The second-order valence-corrected chi connectivity index (χ2v) is 9.55. The summed E-state index contributed by atoms with van der Waals surface area (Å²) in [5.74, 6) is -1.71. The van der Waals surface area contributed by atoms with Crippen molar-refractivity contribution in [1.82, 2.24) is 5.32 Å². The van der Waals surface area contributed by atoms with Gasteiger partial charge in [0.05, 0.1) is 12.1 Å². The Morgan fingerprint density at radius 1 is 1.00 bits per heavy atom. The molecule has 0 spiro atoms. The SMILES string of the molecule is C[C@@H](O)[C@@H](NC(=O)OC(C)(C)C)[C@H]1O[C@@H]2OC(C)(C)O[C@@H]2[C@H]2OC(C)(C)O[C@H]21. The average Bonchev–Trinajstić information content (AvgIpc) is 2.96. The molecule has 0 aliphatic carbocycles. The Bertz CT molecular complexity index is 599. The van der Waals surface area contributed by atoms with E-state index in [4.69, 9.17) is 28.4 Å². The molecule has 9 heteroatoms. The van der Waals surface area contributed by atoms with Crippen molar-refractivity contribution in [2.45, 2.75) is 115 Å². The van der Waals surface area contributed by atoms with Crippen LogP contribution in [0.3, 0.4) is 0 Å². The first kappa shape index (κ1) is 21.7. The fourth-order valence-corrected chi connectivity index (χ4v) is 3.85. The zero-order valence-corrected chi connectivity index (χ0v) is 17.8. The molecule has 2 N–H and O–H groups in total. The third-order valence-corrected chi connectivity index (χ3v) is 4.75. The van der Waals surface area contributed by atoms with Crippen LogP contribution in [0.4, 0.5) is 4.79 Å². The molecule has 3 heterocycles. The van der Waals surface area contributed by atoms with Crippen LogP contribution in [0.2, 0.25) is 0 Å². The summed E-state index contributed by atoms with van der Waals surface area (Å²) in [7, 11) is 0. The van der Waals surface area contributed by atoms with Crippen LogP contribution in [0.15, 0.2) is 0 Å². The van der Waals surface area contributed by atoms with E-state index in [1.165, 1.54) is 0 Å². The summed E-state index contributed by atoms with van der Waals surface area (Å²) >= 11 is 0. The number of ether oxygens (including phenoxy) is 6. The van der Waals surface area contributed by atoms with Crippen LogP contribution in [0.5, 0.6) is 0 Å². The van der Waals surface area contributed by atoms with Gasteiger partial charge in [0.2, 0.25) is 0 Å². The standard InChI is InChI=1S/C19H33NO8/c1-9(21)10(20-16(22)28-17(2,3)4)11-12-13(25-18(5,6)24-12)14-15(23-11)27-19(7,8)26-14/h9-15,21H,1-8H3,(H,20,22)/t9-,10-,11-,12+,13+,14-,15-/m1/s1. The molecule has 7 atom stereocenters. The number of amides is 1. The molecule has 0 saturated carbocycles. The van der Waals surface area contributed by atoms with Crippen molar-refractivity contribution in [3.05, 3.63) is 0 Å². The highest BCUT2D eigenvalue weighted by Crippen LogP contribution is 2.45. The fraction of sp³-hybridized carbons (Fsp3) is 0.947. The number of nitrogens with one attached hydrogen (secondary N) is 1. The molecular formula is C19H33NO8. The van der Waals surface area contributed by atoms with Crippen molar-refractivity contribution in [3.63, 3.8) is 0 Å². The smallest absolute Gasteiger partial charge is 0.408 e. The monoisotopic (exact) mass is 403 g/mol. The highest BCUT2D eigenvalue weighted by molar-refractivity contribution is 5.68. The molecule has 3 rings (SSSR count). The summed E-state index contributed by atoms with van der Waals surface area (Å²) in [5, 5.41) is 13.1. The van der Waals surface area contributed by atoms with Gasteiger partial charge in [-0.1, -0.05) is 0 Å². The van der Waals surface area contributed by atoms with Crippen molar-refractivity contribution in [1.29, 1.82) is 0 Å². The number of rotatable bonds is 3. The molecule has 1 amide bonds. The zero-order chi connectivity index (χ0) is 21.1. The first-order chi connectivity index (χ1) is 12.7. The van der Waals surface area contributed by atoms with Crippen LogP contribution in [-0.4, -0.2) is 71.2 Å². The van der Waals surface area contributed by atoms with Crippen LogP contribution in [0.1, 0.15) is 55.4 Å². The number of carbonyl (C=O) groups excluding carboxylic acids is 1. The van der Waals surface area contributed by atoms with E-state index < -0.39 is 66.1 Å². The Morgan fingerprint density at radius 3 is 2.11 bits per heavy atom.